The summed E-state index contributed by atoms with van der Waals surface area (Å²) >= 11 is 6.05. The lowest BCUT2D eigenvalue weighted by Gasteiger charge is -2.35. The standard InChI is InChI=1S/C21H20ClF3N4O/c1-12-7-13(2)15-10-18(27-17(15)8-12)20(30)29-5-3-28(4-6-29)19-16(22)9-14(11-26-19)21(23,24)25/h7-11,27H,3-6H2,1-2H3. The Labute approximate surface area is 176 Å². The second-order valence-electron chi connectivity index (χ2n) is 7.53. The third-order valence-electron chi connectivity index (χ3n) is 5.34. The van der Waals surface area contributed by atoms with Gasteiger partial charge in [0.2, 0.25) is 0 Å². The fourth-order valence-corrected chi connectivity index (χ4v) is 4.11. The van der Waals surface area contributed by atoms with Crippen molar-refractivity contribution >= 4 is 34.2 Å². The molecule has 1 aliphatic heterocycles. The molecule has 2 aromatic heterocycles. The van der Waals surface area contributed by atoms with Gasteiger partial charge in [0.15, 0.2) is 0 Å². The van der Waals surface area contributed by atoms with E-state index in [2.05, 4.69) is 16.0 Å². The number of halogens is 4. The third-order valence-corrected chi connectivity index (χ3v) is 5.61. The van der Waals surface area contributed by atoms with Crippen LogP contribution in [0.15, 0.2) is 30.5 Å². The first-order valence-corrected chi connectivity index (χ1v) is 9.88. The van der Waals surface area contributed by atoms with E-state index in [0.29, 0.717) is 37.7 Å². The summed E-state index contributed by atoms with van der Waals surface area (Å²) in [6.45, 7) is 5.73. The Morgan fingerprint density at radius 3 is 2.43 bits per heavy atom. The number of pyridine rings is 1. The van der Waals surface area contributed by atoms with E-state index in [4.69, 9.17) is 11.6 Å². The van der Waals surface area contributed by atoms with E-state index < -0.39 is 11.7 Å². The van der Waals surface area contributed by atoms with Crippen LogP contribution in [0.3, 0.4) is 0 Å². The highest BCUT2D eigenvalue weighted by Crippen LogP contribution is 2.33. The second kappa shape index (κ2) is 7.50. The van der Waals surface area contributed by atoms with Gasteiger partial charge in [-0.3, -0.25) is 4.79 Å². The summed E-state index contributed by atoms with van der Waals surface area (Å²) in [5, 5.41) is 0.967. The molecule has 0 atom stereocenters. The zero-order valence-electron chi connectivity index (χ0n) is 16.5. The lowest BCUT2D eigenvalue weighted by Crippen LogP contribution is -2.49. The van der Waals surface area contributed by atoms with Gasteiger partial charge in [-0.05, 0) is 43.2 Å². The molecule has 1 fully saturated rings. The Kier molecular flexibility index (Phi) is 5.13. The monoisotopic (exact) mass is 436 g/mol. The van der Waals surface area contributed by atoms with E-state index in [9.17, 15) is 18.0 Å². The Balaban J connectivity index is 1.47. The molecular weight excluding hydrogens is 417 g/mol. The number of fused-ring (bicyclic) bond motifs is 1. The molecule has 0 bridgehead atoms. The molecule has 5 nitrogen and oxygen atoms in total. The lowest BCUT2D eigenvalue weighted by molar-refractivity contribution is -0.137. The van der Waals surface area contributed by atoms with Crippen molar-refractivity contribution in [3.05, 3.63) is 57.9 Å². The lowest BCUT2D eigenvalue weighted by atomic mass is 10.1. The number of aromatic nitrogens is 2. The first-order valence-electron chi connectivity index (χ1n) is 9.50. The largest absolute Gasteiger partial charge is 0.417 e. The first kappa shape index (κ1) is 20.5. The van der Waals surface area contributed by atoms with Crippen LogP contribution in [0.2, 0.25) is 5.02 Å². The van der Waals surface area contributed by atoms with Gasteiger partial charge < -0.3 is 14.8 Å². The van der Waals surface area contributed by atoms with Crippen molar-refractivity contribution < 1.29 is 18.0 Å². The number of carbonyl (C=O) groups is 1. The molecule has 0 aliphatic carbocycles. The molecule has 3 heterocycles. The summed E-state index contributed by atoms with van der Waals surface area (Å²) in [5.41, 5.74) is 2.80. The number of rotatable bonds is 2. The minimum atomic E-state index is -4.49. The van der Waals surface area contributed by atoms with E-state index in [0.717, 1.165) is 34.3 Å². The van der Waals surface area contributed by atoms with Crippen LogP contribution in [0.5, 0.6) is 0 Å². The summed E-state index contributed by atoms with van der Waals surface area (Å²) in [6, 6.07) is 6.84. The molecule has 1 saturated heterocycles. The minimum absolute atomic E-state index is 0.0499. The van der Waals surface area contributed by atoms with Crippen LogP contribution in [0, 0.1) is 13.8 Å². The third kappa shape index (κ3) is 3.84. The smallest absolute Gasteiger partial charge is 0.352 e. The Morgan fingerprint density at radius 1 is 1.10 bits per heavy atom. The molecule has 3 aromatic rings. The van der Waals surface area contributed by atoms with Gasteiger partial charge in [0.25, 0.3) is 5.91 Å². The van der Waals surface area contributed by atoms with Crippen molar-refractivity contribution in [1.29, 1.82) is 0 Å². The van der Waals surface area contributed by atoms with Crippen LogP contribution >= 0.6 is 11.6 Å². The summed E-state index contributed by atoms with van der Waals surface area (Å²) in [5.74, 6) is 0.197. The summed E-state index contributed by atoms with van der Waals surface area (Å²) < 4.78 is 38.4. The first-order chi connectivity index (χ1) is 14.1. The zero-order valence-corrected chi connectivity index (χ0v) is 17.2. The number of carbonyl (C=O) groups excluding carboxylic acids is 1. The number of H-pyrrole nitrogens is 1. The molecule has 1 aliphatic rings. The summed E-state index contributed by atoms with van der Waals surface area (Å²) in [4.78, 5) is 23.6. The van der Waals surface area contributed by atoms with Gasteiger partial charge in [-0.15, -0.1) is 0 Å². The van der Waals surface area contributed by atoms with Gasteiger partial charge in [0.1, 0.15) is 11.5 Å². The van der Waals surface area contributed by atoms with Crippen LogP contribution in [0.1, 0.15) is 27.2 Å². The van der Waals surface area contributed by atoms with E-state index in [-0.39, 0.29) is 10.9 Å². The van der Waals surface area contributed by atoms with Crippen molar-refractivity contribution in [2.24, 2.45) is 0 Å². The number of aryl methyl sites for hydroxylation is 2. The molecule has 4 rings (SSSR count). The summed E-state index contributed by atoms with van der Waals surface area (Å²) in [6.07, 6.45) is -3.70. The summed E-state index contributed by atoms with van der Waals surface area (Å²) in [7, 11) is 0. The van der Waals surface area contributed by atoms with Crippen molar-refractivity contribution in [3.63, 3.8) is 0 Å². The number of nitrogens with one attached hydrogen (secondary N) is 1. The number of piperazine rings is 1. The van der Waals surface area contributed by atoms with E-state index >= 15 is 0 Å². The maximum Gasteiger partial charge on any atom is 0.417 e. The highest BCUT2D eigenvalue weighted by Gasteiger charge is 2.32. The van der Waals surface area contributed by atoms with E-state index in [1.807, 2.05) is 26.0 Å². The second-order valence-corrected chi connectivity index (χ2v) is 7.94. The van der Waals surface area contributed by atoms with Crippen molar-refractivity contribution in [3.8, 4) is 0 Å². The molecular formula is C21H20ClF3N4O. The minimum Gasteiger partial charge on any atom is -0.352 e. The van der Waals surface area contributed by atoms with Crippen LogP contribution in [-0.2, 0) is 6.18 Å². The molecule has 30 heavy (non-hydrogen) atoms. The van der Waals surface area contributed by atoms with Crippen LogP contribution in [0.25, 0.3) is 10.9 Å². The molecule has 0 radical (unpaired) electrons. The maximum atomic E-state index is 12.9. The van der Waals surface area contributed by atoms with Crippen LogP contribution < -0.4 is 4.90 Å². The maximum absolute atomic E-state index is 12.9. The zero-order chi connectivity index (χ0) is 21.6. The molecule has 1 amide bonds. The number of hydrogen-bond donors (Lipinski definition) is 1. The Morgan fingerprint density at radius 2 is 1.80 bits per heavy atom. The van der Waals surface area contributed by atoms with Gasteiger partial charge >= 0.3 is 6.18 Å². The fourth-order valence-electron chi connectivity index (χ4n) is 3.82. The molecule has 0 unspecified atom stereocenters. The number of benzene rings is 1. The Bertz CT molecular complexity index is 1120. The number of nitrogens with zero attached hydrogens (tertiary/aromatic N) is 3. The highest BCUT2D eigenvalue weighted by molar-refractivity contribution is 6.33. The van der Waals surface area contributed by atoms with Gasteiger partial charge in [-0.1, -0.05) is 17.7 Å². The SMILES string of the molecule is Cc1cc(C)c2cc(C(=O)N3CCN(c4ncc(C(F)(F)F)cc4Cl)CC3)[nH]c2c1. The van der Waals surface area contributed by atoms with Gasteiger partial charge in [-0.2, -0.15) is 13.2 Å². The molecule has 1 N–H and O–H groups in total. The number of hydrogen-bond acceptors (Lipinski definition) is 3. The molecule has 0 spiro atoms. The predicted molar refractivity (Wildman–Crippen MR) is 110 cm³/mol. The molecule has 9 heteroatoms. The Hall–Kier alpha value is -2.74. The molecule has 0 saturated carbocycles. The van der Waals surface area contributed by atoms with Gasteiger partial charge in [0.05, 0.1) is 10.6 Å². The van der Waals surface area contributed by atoms with E-state index in [1.54, 1.807) is 9.80 Å². The van der Waals surface area contributed by atoms with E-state index in [1.165, 1.54) is 0 Å². The van der Waals surface area contributed by atoms with Crippen molar-refractivity contribution in [1.82, 2.24) is 14.9 Å². The number of aromatic amines is 1. The van der Waals surface area contributed by atoms with Gasteiger partial charge in [-0.25, -0.2) is 4.98 Å². The van der Waals surface area contributed by atoms with Crippen LogP contribution in [-0.4, -0.2) is 47.0 Å². The average molecular weight is 437 g/mol. The molecule has 158 valence electrons. The number of amides is 1. The van der Waals surface area contributed by atoms with Gasteiger partial charge in [0, 0.05) is 43.3 Å². The average Bonchev–Trinajstić information content (AvgIpc) is 3.11. The topological polar surface area (TPSA) is 52.2 Å². The molecule has 1 aromatic carbocycles. The van der Waals surface area contributed by atoms with Crippen LogP contribution in [0.4, 0.5) is 19.0 Å². The number of alkyl halides is 3. The van der Waals surface area contributed by atoms with Crippen molar-refractivity contribution in [2.75, 3.05) is 31.1 Å². The highest BCUT2D eigenvalue weighted by atomic mass is 35.5. The quantitative estimate of drug-likeness (QED) is 0.627. The van der Waals surface area contributed by atoms with Crippen molar-refractivity contribution in [2.45, 2.75) is 20.0 Å². The predicted octanol–water partition coefficient (Wildman–Crippen LogP) is 4.81. The number of anilines is 1. The normalized spacial score (nSPS) is 15.1. The fraction of sp³-hybridized carbons (Fsp3) is 0.333.